The fraction of sp³-hybridized carbons (Fsp3) is 0.267. The molecule has 0 unspecified atom stereocenters. The number of benzene rings is 1. The predicted octanol–water partition coefficient (Wildman–Crippen LogP) is 1.73. The molecule has 1 aromatic heterocycles. The van der Waals surface area contributed by atoms with Gasteiger partial charge in [-0.25, -0.2) is 9.18 Å². The van der Waals surface area contributed by atoms with Crippen LogP contribution in [-0.2, 0) is 9.53 Å². The van der Waals surface area contributed by atoms with Crippen LogP contribution in [-0.4, -0.2) is 28.1 Å². The van der Waals surface area contributed by atoms with Crippen molar-refractivity contribution in [3.63, 3.8) is 0 Å². The molecule has 0 bridgehead atoms. The summed E-state index contributed by atoms with van der Waals surface area (Å²) in [6, 6.07) is 6.86. The quantitative estimate of drug-likeness (QED) is 0.824. The monoisotopic (exact) mass is 303 g/mol. The van der Waals surface area contributed by atoms with Gasteiger partial charge < -0.3 is 10.1 Å². The maximum absolute atomic E-state index is 13.0. The van der Waals surface area contributed by atoms with Crippen LogP contribution >= 0.6 is 0 Å². The molecule has 0 saturated heterocycles. The Morgan fingerprint density at radius 2 is 2.00 bits per heavy atom. The number of aromatic nitrogens is 2. The van der Waals surface area contributed by atoms with Gasteiger partial charge in [-0.05, 0) is 31.0 Å². The molecule has 6 nitrogen and oxygen atoms in total. The summed E-state index contributed by atoms with van der Waals surface area (Å²) in [6.45, 7) is 0. The van der Waals surface area contributed by atoms with E-state index >= 15 is 0 Å². The second-order valence-corrected chi connectivity index (χ2v) is 5.09. The summed E-state index contributed by atoms with van der Waals surface area (Å²) < 4.78 is 18.3. The molecule has 1 fully saturated rings. The third-order valence-electron chi connectivity index (χ3n) is 3.28. The summed E-state index contributed by atoms with van der Waals surface area (Å²) >= 11 is 0. The smallest absolute Gasteiger partial charge is 0.357 e. The number of amides is 1. The largest absolute Gasteiger partial charge is 0.443 e. The zero-order chi connectivity index (χ0) is 15.5. The van der Waals surface area contributed by atoms with E-state index in [-0.39, 0.29) is 11.7 Å². The fourth-order valence-corrected chi connectivity index (χ4v) is 1.96. The average Bonchev–Trinajstić information content (AvgIpc) is 3.15. The molecule has 1 amide bonds. The topological polar surface area (TPSA) is 84.1 Å². The Morgan fingerprint density at radius 1 is 1.27 bits per heavy atom. The van der Waals surface area contributed by atoms with Crippen LogP contribution in [0.15, 0.2) is 36.5 Å². The number of carbonyl (C=O) groups excluding carboxylic acids is 2. The zero-order valence-corrected chi connectivity index (χ0v) is 11.6. The molecule has 22 heavy (non-hydrogen) atoms. The lowest BCUT2D eigenvalue weighted by atomic mass is 10.1. The summed E-state index contributed by atoms with van der Waals surface area (Å²) in [6.07, 6.45) is 2.11. The van der Waals surface area contributed by atoms with Gasteiger partial charge >= 0.3 is 5.97 Å². The molecule has 114 valence electrons. The Bertz CT molecular complexity index is 666. The van der Waals surface area contributed by atoms with Gasteiger partial charge in [-0.1, -0.05) is 12.1 Å². The molecule has 1 aromatic carbocycles. The number of H-pyrrole nitrogens is 1. The van der Waals surface area contributed by atoms with Gasteiger partial charge in [0.25, 0.3) is 5.91 Å². The normalized spacial score (nSPS) is 15.1. The number of nitrogens with one attached hydrogen (secondary N) is 2. The fourth-order valence-electron chi connectivity index (χ4n) is 1.96. The van der Waals surface area contributed by atoms with Crippen molar-refractivity contribution in [1.82, 2.24) is 15.5 Å². The Hall–Kier alpha value is -2.70. The van der Waals surface area contributed by atoms with Crippen molar-refractivity contribution >= 4 is 11.9 Å². The van der Waals surface area contributed by atoms with Crippen LogP contribution < -0.4 is 5.32 Å². The first-order valence-electron chi connectivity index (χ1n) is 6.89. The van der Waals surface area contributed by atoms with Crippen LogP contribution in [0, 0.1) is 5.82 Å². The van der Waals surface area contributed by atoms with Crippen molar-refractivity contribution in [3.05, 3.63) is 53.6 Å². The van der Waals surface area contributed by atoms with Crippen molar-refractivity contribution in [2.75, 3.05) is 0 Å². The zero-order valence-electron chi connectivity index (χ0n) is 11.6. The second kappa shape index (κ2) is 5.97. The molecule has 7 heteroatoms. The van der Waals surface area contributed by atoms with Crippen molar-refractivity contribution < 1.29 is 18.7 Å². The van der Waals surface area contributed by atoms with Crippen LogP contribution in [0.2, 0.25) is 0 Å². The molecule has 0 radical (unpaired) electrons. The van der Waals surface area contributed by atoms with E-state index in [9.17, 15) is 14.0 Å². The van der Waals surface area contributed by atoms with E-state index in [0.717, 1.165) is 12.8 Å². The molecule has 1 aliphatic rings. The van der Waals surface area contributed by atoms with E-state index in [0.29, 0.717) is 5.56 Å². The standard InChI is InChI=1S/C15H14FN3O3/c16-10-3-1-9(2-4-10)13(14(20)18-11-5-6-11)22-15(21)12-7-8-17-19-12/h1-4,7-8,11,13H,5-6H2,(H,17,19)(H,18,20)/t13-/m0/s1. The Labute approximate surface area is 125 Å². The van der Waals surface area contributed by atoms with Gasteiger partial charge in [0.05, 0.1) is 0 Å². The first-order chi connectivity index (χ1) is 10.6. The van der Waals surface area contributed by atoms with Crippen molar-refractivity contribution in [3.8, 4) is 0 Å². The Kier molecular flexibility index (Phi) is 3.86. The van der Waals surface area contributed by atoms with Gasteiger partial charge in [0.1, 0.15) is 11.5 Å². The SMILES string of the molecule is O=C(O[C@H](C(=O)NC1CC1)c1ccc(F)cc1)c1ccn[nH]1. The number of halogens is 1. The molecule has 3 rings (SSSR count). The van der Waals surface area contributed by atoms with Crippen LogP contribution in [0.25, 0.3) is 0 Å². The van der Waals surface area contributed by atoms with Gasteiger partial charge in [-0.2, -0.15) is 5.10 Å². The highest BCUT2D eigenvalue weighted by Gasteiger charge is 2.31. The first kappa shape index (κ1) is 14.2. The van der Waals surface area contributed by atoms with Crippen molar-refractivity contribution in [2.24, 2.45) is 0 Å². The maximum Gasteiger partial charge on any atom is 0.357 e. The lowest BCUT2D eigenvalue weighted by Crippen LogP contribution is -2.33. The predicted molar refractivity (Wildman–Crippen MR) is 74.3 cm³/mol. The third-order valence-corrected chi connectivity index (χ3v) is 3.28. The minimum atomic E-state index is -1.13. The molecule has 0 aliphatic heterocycles. The number of ether oxygens (including phenoxy) is 1. The molecular weight excluding hydrogens is 289 g/mol. The van der Waals surface area contributed by atoms with Crippen molar-refractivity contribution in [2.45, 2.75) is 25.0 Å². The van der Waals surface area contributed by atoms with E-state index < -0.39 is 23.8 Å². The number of aromatic amines is 1. The first-order valence-corrected chi connectivity index (χ1v) is 6.89. The van der Waals surface area contributed by atoms with E-state index in [1.165, 1.54) is 36.5 Å². The summed E-state index contributed by atoms with van der Waals surface area (Å²) in [7, 11) is 0. The summed E-state index contributed by atoms with van der Waals surface area (Å²) in [5.74, 6) is -1.54. The van der Waals surface area contributed by atoms with Gasteiger partial charge in [-0.3, -0.25) is 9.89 Å². The maximum atomic E-state index is 13.0. The van der Waals surface area contributed by atoms with Crippen molar-refractivity contribution in [1.29, 1.82) is 0 Å². The molecule has 1 saturated carbocycles. The summed E-state index contributed by atoms with van der Waals surface area (Å²) in [5, 5.41) is 8.92. The highest BCUT2D eigenvalue weighted by Crippen LogP contribution is 2.24. The Morgan fingerprint density at radius 3 is 2.59 bits per heavy atom. The minimum absolute atomic E-state index is 0.126. The Balaban J connectivity index is 1.80. The number of nitrogens with zero attached hydrogens (tertiary/aromatic N) is 1. The molecule has 2 N–H and O–H groups in total. The molecule has 1 heterocycles. The van der Waals surface area contributed by atoms with Crippen LogP contribution in [0.1, 0.15) is 35.0 Å². The van der Waals surface area contributed by atoms with Gasteiger partial charge in [-0.15, -0.1) is 0 Å². The summed E-state index contributed by atoms with van der Waals surface area (Å²) in [4.78, 5) is 24.3. The third kappa shape index (κ3) is 3.30. The van der Waals surface area contributed by atoms with Crippen LogP contribution in [0.4, 0.5) is 4.39 Å². The molecule has 1 aliphatic carbocycles. The minimum Gasteiger partial charge on any atom is -0.443 e. The number of carbonyl (C=O) groups is 2. The summed E-state index contributed by atoms with van der Waals surface area (Å²) in [5.41, 5.74) is 0.554. The lowest BCUT2D eigenvalue weighted by Gasteiger charge is -2.17. The highest BCUT2D eigenvalue weighted by atomic mass is 19.1. The van der Waals surface area contributed by atoms with Gasteiger partial charge in [0.15, 0.2) is 0 Å². The van der Waals surface area contributed by atoms with E-state index in [1.807, 2.05) is 0 Å². The number of hydrogen-bond acceptors (Lipinski definition) is 4. The second-order valence-electron chi connectivity index (χ2n) is 5.09. The van der Waals surface area contributed by atoms with Gasteiger partial charge in [0, 0.05) is 17.8 Å². The molecule has 0 spiro atoms. The average molecular weight is 303 g/mol. The molecule has 1 atom stereocenters. The van der Waals surface area contributed by atoms with Gasteiger partial charge in [0.2, 0.25) is 6.10 Å². The number of esters is 1. The number of rotatable bonds is 5. The molecular formula is C15H14FN3O3. The van der Waals surface area contributed by atoms with E-state index in [2.05, 4.69) is 15.5 Å². The molecule has 2 aromatic rings. The van der Waals surface area contributed by atoms with Crippen LogP contribution in [0.3, 0.4) is 0 Å². The van der Waals surface area contributed by atoms with Crippen LogP contribution in [0.5, 0.6) is 0 Å². The van der Waals surface area contributed by atoms with E-state index in [4.69, 9.17) is 4.74 Å². The number of hydrogen-bond donors (Lipinski definition) is 2. The highest BCUT2D eigenvalue weighted by molar-refractivity contribution is 5.91. The van der Waals surface area contributed by atoms with E-state index in [1.54, 1.807) is 0 Å². The lowest BCUT2D eigenvalue weighted by molar-refractivity contribution is -0.130.